The zero-order valence-corrected chi connectivity index (χ0v) is 20.5. The van der Waals surface area contributed by atoms with Crippen molar-refractivity contribution in [3.63, 3.8) is 0 Å². The first-order valence-electron chi connectivity index (χ1n) is 10.4. The number of benzene rings is 3. The number of hydrogen-bond donors (Lipinski definition) is 2. The Balaban J connectivity index is 1.61. The van der Waals surface area contributed by atoms with E-state index in [0.717, 1.165) is 3.57 Å². The minimum absolute atomic E-state index is 0.0805. The lowest BCUT2D eigenvalue weighted by Crippen LogP contribution is -2.20. The lowest BCUT2D eigenvalue weighted by molar-refractivity contribution is -0.120. The van der Waals surface area contributed by atoms with Crippen molar-refractivity contribution in [1.82, 2.24) is 5.43 Å². The predicted octanol–water partition coefficient (Wildman–Crippen LogP) is 4.54. The number of nitrogens with zero attached hydrogens (tertiary/aromatic N) is 1. The molecule has 0 bridgehead atoms. The number of ether oxygens (including phenoxy) is 2. The summed E-state index contributed by atoms with van der Waals surface area (Å²) in [6.45, 7) is 2.06. The summed E-state index contributed by atoms with van der Waals surface area (Å²) in [5.41, 5.74) is 4.49. The van der Waals surface area contributed by atoms with Crippen LogP contribution >= 0.6 is 22.6 Å². The monoisotopic (exact) mass is 575 g/mol. The second-order valence-electron chi connectivity index (χ2n) is 7.06. The highest BCUT2D eigenvalue weighted by molar-refractivity contribution is 14.1. The van der Waals surface area contributed by atoms with E-state index >= 15 is 0 Å². The van der Waals surface area contributed by atoms with Crippen LogP contribution in [-0.2, 0) is 16.0 Å². The molecule has 2 amide bonds. The number of para-hydroxylation sites is 1. The number of nitrogens with one attached hydrogen (secondary N) is 2. The Hall–Kier alpha value is -3.47. The number of halogens is 2. The van der Waals surface area contributed by atoms with E-state index in [0.29, 0.717) is 34.9 Å². The molecule has 0 spiro atoms. The summed E-state index contributed by atoms with van der Waals surface area (Å²) < 4.78 is 25.1. The molecule has 3 aromatic carbocycles. The normalized spacial score (nSPS) is 10.7. The number of amides is 2. The molecule has 0 aliphatic heterocycles. The van der Waals surface area contributed by atoms with Gasteiger partial charge in [-0.25, -0.2) is 9.82 Å². The van der Waals surface area contributed by atoms with E-state index < -0.39 is 0 Å². The van der Waals surface area contributed by atoms with Gasteiger partial charge in [-0.05, 0) is 77.0 Å². The van der Waals surface area contributed by atoms with Crippen molar-refractivity contribution in [1.29, 1.82) is 0 Å². The number of rotatable bonds is 10. The van der Waals surface area contributed by atoms with Crippen LogP contribution in [-0.4, -0.2) is 31.2 Å². The predicted molar refractivity (Wildman–Crippen MR) is 137 cm³/mol. The van der Waals surface area contributed by atoms with Crippen LogP contribution < -0.4 is 20.2 Å². The number of anilines is 1. The van der Waals surface area contributed by atoms with Crippen molar-refractivity contribution in [2.24, 2.45) is 5.10 Å². The van der Waals surface area contributed by atoms with E-state index in [4.69, 9.17) is 9.47 Å². The summed E-state index contributed by atoms with van der Waals surface area (Å²) >= 11 is 2.09. The van der Waals surface area contributed by atoms with Crippen LogP contribution in [0.3, 0.4) is 0 Å². The first-order chi connectivity index (χ1) is 16.4. The summed E-state index contributed by atoms with van der Waals surface area (Å²) in [7, 11) is 0. The number of hydrogen-bond acceptors (Lipinski definition) is 5. The van der Waals surface area contributed by atoms with Gasteiger partial charge in [0.1, 0.15) is 5.82 Å². The first kappa shape index (κ1) is 25.2. The summed E-state index contributed by atoms with van der Waals surface area (Å²) in [4.78, 5) is 24.3. The fraction of sp³-hybridized carbons (Fsp3) is 0.160. The Morgan fingerprint density at radius 1 is 1.03 bits per heavy atom. The maximum Gasteiger partial charge on any atom is 0.262 e. The second-order valence-corrected chi connectivity index (χ2v) is 8.22. The summed E-state index contributed by atoms with van der Waals surface area (Å²) in [5, 5.41) is 6.75. The molecular weight excluding hydrogens is 552 g/mol. The molecule has 0 saturated carbocycles. The van der Waals surface area contributed by atoms with Gasteiger partial charge in [-0.1, -0.05) is 30.3 Å². The molecule has 2 N–H and O–H groups in total. The Morgan fingerprint density at radius 3 is 2.47 bits per heavy atom. The quantitative estimate of drug-likeness (QED) is 0.211. The number of hydrazone groups is 1. The molecule has 3 aromatic rings. The summed E-state index contributed by atoms with van der Waals surface area (Å²) in [5.74, 6) is -0.0683. The molecule has 0 aromatic heterocycles. The minimum atomic E-state index is -0.355. The van der Waals surface area contributed by atoms with Crippen molar-refractivity contribution in [2.75, 3.05) is 18.5 Å². The van der Waals surface area contributed by atoms with Crippen LogP contribution in [0.5, 0.6) is 11.5 Å². The maximum atomic E-state index is 13.0. The topological polar surface area (TPSA) is 89.0 Å². The van der Waals surface area contributed by atoms with Gasteiger partial charge >= 0.3 is 0 Å². The van der Waals surface area contributed by atoms with Crippen LogP contribution in [0.25, 0.3) is 0 Å². The molecule has 34 heavy (non-hydrogen) atoms. The standard InChI is InChI=1S/C25H23FIN3O4/c1-2-33-22-13-18(15-28-30-23(31)14-17-8-10-19(26)11-9-17)12-21(27)25(22)34-16-24(32)29-20-6-4-3-5-7-20/h3-13,15H,2,14,16H2,1H3,(H,29,32)(H,30,31)/b28-15+. The molecule has 9 heteroatoms. The molecule has 0 radical (unpaired) electrons. The third kappa shape index (κ3) is 7.84. The molecule has 0 fully saturated rings. The highest BCUT2D eigenvalue weighted by Gasteiger charge is 2.14. The van der Waals surface area contributed by atoms with E-state index in [2.05, 4.69) is 38.4 Å². The van der Waals surface area contributed by atoms with Gasteiger partial charge in [0.2, 0.25) is 5.91 Å². The zero-order chi connectivity index (χ0) is 24.3. The molecule has 0 aliphatic rings. The zero-order valence-electron chi connectivity index (χ0n) is 18.4. The molecule has 176 valence electrons. The maximum absolute atomic E-state index is 13.0. The van der Waals surface area contributed by atoms with Gasteiger partial charge in [-0.15, -0.1) is 0 Å². The van der Waals surface area contributed by atoms with E-state index in [9.17, 15) is 14.0 Å². The van der Waals surface area contributed by atoms with Crippen LogP contribution in [0.4, 0.5) is 10.1 Å². The average molecular weight is 575 g/mol. The van der Waals surface area contributed by atoms with Crippen LogP contribution in [0.2, 0.25) is 0 Å². The van der Waals surface area contributed by atoms with Gasteiger partial charge in [0.15, 0.2) is 18.1 Å². The Bertz CT molecular complexity index is 1150. The fourth-order valence-corrected chi connectivity index (χ4v) is 3.71. The molecule has 0 heterocycles. The van der Waals surface area contributed by atoms with Crippen LogP contribution in [0, 0.1) is 9.39 Å². The lowest BCUT2D eigenvalue weighted by Gasteiger charge is -2.14. The van der Waals surface area contributed by atoms with Crippen molar-refractivity contribution < 1.29 is 23.5 Å². The summed E-state index contributed by atoms with van der Waals surface area (Å²) in [6.07, 6.45) is 1.57. The number of carbonyl (C=O) groups excluding carboxylic acids is 2. The van der Waals surface area contributed by atoms with E-state index in [1.807, 2.05) is 25.1 Å². The van der Waals surface area contributed by atoms with Gasteiger partial charge in [-0.3, -0.25) is 9.59 Å². The molecule has 3 rings (SSSR count). The molecule has 0 atom stereocenters. The van der Waals surface area contributed by atoms with Gasteiger partial charge in [0, 0.05) is 5.69 Å². The Morgan fingerprint density at radius 2 is 1.76 bits per heavy atom. The fourth-order valence-electron chi connectivity index (χ4n) is 2.93. The van der Waals surface area contributed by atoms with Crippen molar-refractivity contribution >= 4 is 46.3 Å². The van der Waals surface area contributed by atoms with Crippen LogP contribution in [0.15, 0.2) is 71.8 Å². The average Bonchev–Trinajstić information content (AvgIpc) is 2.81. The second kappa shape index (κ2) is 12.7. The first-order valence-corrected chi connectivity index (χ1v) is 11.5. The molecule has 0 unspecified atom stereocenters. The molecule has 0 aliphatic carbocycles. The van der Waals surface area contributed by atoms with Crippen LogP contribution in [0.1, 0.15) is 18.1 Å². The van der Waals surface area contributed by atoms with Gasteiger partial charge in [-0.2, -0.15) is 5.10 Å². The molecular formula is C25H23FIN3O4. The van der Waals surface area contributed by atoms with Crippen molar-refractivity contribution in [2.45, 2.75) is 13.3 Å². The Labute approximate surface area is 210 Å². The largest absolute Gasteiger partial charge is 0.490 e. The third-order valence-corrected chi connectivity index (χ3v) is 5.22. The van der Waals surface area contributed by atoms with Gasteiger partial charge in [0.05, 0.1) is 22.8 Å². The Kier molecular flexibility index (Phi) is 9.39. The van der Waals surface area contributed by atoms with E-state index in [1.165, 1.54) is 18.3 Å². The third-order valence-electron chi connectivity index (χ3n) is 4.42. The van der Waals surface area contributed by atoms with E-state index in [-0.39, 0.29) is 30.7 Å². The highest BCUT2D eigenvalue weighted by atomic mass is 127. The van der Waals surface area contributed by atoms with Crippen molar-refractivity contribution in [3.8, 4) is 11.5 Å². The molecule has 0 saturated heterocycles. The number of carbonyl (C=O) groups is 2. The summed E-state index contributed by atoms with van der Waals surface area (Å²) in [6, 6.07) is 18.3. The van der Waals surface area contributed by atoms with Gasteiger partial charge in [0.25, 0.3) is 5.91 Å². The van der Waals surface area contributed by atoms with E-state index in [1.54, 1.807) is 36.4 Å². The minimum Gasteiger partial charge on any atom is -0.490 e. The van der Waals surface area contributed by atoms with Crippen molar-refractivity contribution in [3.05, 3.63) is 87.2 Å². The van der Waals surface area contributed by atoms with Gasteiger partial charge < -0.3 is 14.8 Å². The highest BCUT2D eigenvalue weighted by Crippen LogP contribution is 2.34. The lowest BCUT2D eigenvalue weighted by atomic mass is 10.1. The SMILES string of the molecule is CCOc1cc(/C=N/NC(=O)Cc2ccc(F)cc2)cc(I)c1OCC(=O)Nc1ccccc1. The smallest absolute Gasteiger partial charge is 0.262 e. The molecule has 7 nitrogen and oxygen atoms in total.